The number of hydrogen-bond acceptors (Lipinski definition) is 9. The molecule has 0 N–H and O–H groups in total. The average molecular weight is 609 g/mol. The summed E-state index contributed by atoms with van der Waals surface area (Å²) in [6, 6.07) is 26.6. The van der Waals surface area contributed by atoms with Crippen LogP contribution in [0, 0.1) is 5.41 Å². The zero-order valence-electron chi connectivity index (χ0n) is 26.1. The molecule has 0 saturated carbocycles. The van der Waals surface area contributed by atoms with Crippen LogP contribution in [0.3, 0.4) is 0 Å². The van der Waals surface area contributed by atoms with Gasteiger partial charge in [0.05, 0.1) is 65.0 Å². The van der Waals surface area contributed by atoms with Crippen molar-refractivity contribution in [2.75, 3.05) is 66.6 Å². The van der Waals surface area contributed by atoms with Crippen LogP contribution in [0.25, 0.3) is 0 Å². The highest BCUT2D eigenvalue weighted by molar-refractivity contribution is 5.95. The van der Waals surface area contributed by atoms with Crippen molar-refractivity contribution < 1.29 is 42.7 Å². The highest BCUT2D eigenvalue weighted by Crippen LogP contribution is 2.40. The van der Waals surface area contributed by atoms with Crippen molar-refractivity contribution in [1.82, 2.24) is 0 Å². The minimum absolute atomic E-state index is 0.132. The molecule has 238 valence electrons. The molecule has 0 atom stereocenters. The van der Waals surface area contributed by atoms with E-state index in [2.05, 4.69) is 0 Å². The minimum Gasteiger partial charge on any atom is -0.433 e. The lowest BCUT2D eigenvalue weighted by atomic mass is 9.80. The van der Waals surface area contributed by atoms with Gasteiger partial charge in [-0.25, -0.2) is 9.59 Å². The molecule has 0 heterocycles. The molecule has 0 amide bonds. The minimum atomic E-state index is -1.03. The predicted octanol–water partition coefficient (Wildman–Crippen LogP) is 6.03. The Kier molecular flexibility index (Phi) is 14.5. The summed E-state index contributed by atoms with van der Waals surface area (Å²) in [6.07, 6.45) is -1.03. The number of rotatable bonds is 18. The Labute approximate surface area is 260 Å². The van der Waals surface area contributed by atoms with Crippen LogP contribution >= 0.6 is 0 Å². The summed E-state index contributed by atoms with van der Waals surface area (Å²) in [4.78, 5) is 24.7. The van der Waals surface area contributed by atoms with Gasteiger partial charge >= 0.3 is 12.1 Å². The van der Waals surface area contributed by atoms with Crippen molar-refractivity contribution in [2.45, 2.75) is 26.4 Å². The van der Waals surface area contributed by atoms with Gasteiger partial charge in [0.25, 0.3) is 0 Å². The monoisotopic (exact) mass is 608 g/mol. The first-order chi connectivity index (χ1) is 21.3. The van der Waals surface area contributed by atoms with Crippen molar-refractivity contribution in [3.63, 3.8) is 0 Å². The summed E-state index contributed by atoms with van der Waals surface area (Å²) in [5, 5.41) is 0. The second-order valence-corrected chi connectivity index (χ2v) is 11.2. The largest absolute Gasteiger partial charge is 0.516 e. The van der Waals surface area contributed by atoms with Crippen LogP contribution in [0.4, 0.5) is 4.79 Å². The lowest BCUT2D eigenvalue weighted by molar-refractivity contribution is -0.0379. The molecule has 0 unspecified atom stereocenters. The maximum atomic E-state index is 12.7. The Morgan fingerprint density at radius 2 is 1.05 bits per heavy atom. The molecule has 0 spiro atoms. The molecule has 3 aromatic carbocycles. The molecule has 44 heavy (non-hydrogen) atoms. The summed E-state index contributed by atoms with van der Waals surface area (Å²) in [6.45, 7) is 9.45. The van der Waals surface area contributed by atoms with E-state index in [1.807, 2.05) is 81.4 Å². The van der Waals surface area contributed by atoms with Crippen LogP contribution < -0.4 is 0 Å². The summed E-state index contributed by atoms with van der Waals surface area (Å²) in [5.74, 6) is -0.793. The third-order valence-electron chi connectivity index (χ3n) is 6.41. The van der Waals surface area contributed by atoms with Crippen LogP contribution in [0.15, 0.2) is 84.9 Å². The molecule has 0 radical (unpaired) electrons. The number of benzene rings is 3. The van der Waals surface area contributed by atoms with Gasteiger partial charge < -0.3 is 33.2 Å². The fourth-order valence-electron chi connectivity index (χ4n) is 4.31. The van der Waals surface area contributed by atoms with Crippen LogP contribution in [0.5, 0.6) is 0 Å². The molecule has 3 rings (SSSR count). The molecule has 9 heteroatoms. The molecule has 0 aromatic heterocycles. The summed E-state index contributed by atoms with van der Waals surface area (Å²) >= 11 is 0. The zero-order valence-corrected chi connectivity index (χ0v) is 26.1. The van der Waals surface area contributed by atoms with E-state index in [0.29, 0.717) is 46.2 Å². The number of carbonyl (C=O) groups is 2. The number of carbonyl (C=O) groups excluding carboxylic acids is 2. The molecule has 0 fully saturated rings. The average Bonchev–Trinajstić information content (AvgIpc) is 3.03. The van der Waals surface area contributed by atoms with Crippen molar-refractivity contribution >= 4 is 12.1 Å². The van der Waals surface area contributed by atoms with Crippen LogP contribution in [0.1, 0.15) is 47.8 Å². The molecular formula is C35H44O9. The Morgan fingerprint density at radius 3 is 1.52 bits per heavy atom. The van der Waals surface area contributed by atoms with Gasteiger partial charge in [-0.05, 0) is 34.2 Å². The van der Waals surface area contributed by atoms with E-state index in [4.69, 9.17) is 33.2 Å². The molecule has 0 bridgehead atoms. The van der Waals surface area contributed by atoms with Gasteiger partial charge in [0, 0.05) is 7.11 Å². The molecule has 0 aliphatic heterocycles. The first kappa shape index (κ1) is 34.9. The van der Waals surface area contributed by atoms with Crippen LogP contribution in [0.2, 0.25) is 0 Å². The molecule has 0 saturated heterocycles. The van der Waals surface area contributed by atoms with E-state index in [-0.39, 0.29) is 24.2 Å². The van der Waals surface area contributed by atoms with Gasteiger partial charge in [-0.3, -0.25) is 0 Å². The Balaban J connectivity index is 1.71. The van der Waals surface area contributed by atoms with E-state index in [1.54, 1.807) is 31.4 Å². The molecule has 3 aromatic rings. The molecule has 0 aliphatic carbocycles. The lowest BCUT2D eigenvalue weighted by Gasteiger charge is -2.36. The number of esters is 1. The van der Waals surface area contributed by atoms with Crippen LogP contribution in [-0.4, -0.2) is 78.7 Å². The molecule has 9 nitrogen and oxygen atoms in total. The maximum absolute atomic E-state index is 12.7. The third-order valence-corrected chi connectivity index (χ3v) is 6.41. The quantitative estimate of drug-likeness (QED) is 0.0742. The van der Waals surface area contributed by atoms with Gasteiger partial charge in [0.1, 0.15) is 5.60 Å². The van der Waals surface area contributed by atoms with Crippen molar-refractivity contribution in [1.29, 1.82) is 0 Å². The van der Waals surface area contributed by atoms with E-state index < -0.39 is 17.7 Å². The summed E-state index contributed by atoms with van der Waals surface area (Å²) in [7, 11) is 1.63. The smallest absolute Gasteiger partial charge is 0.433 e. The second kappa shape index (κ2) is 18.3. The van der Waals surface area contributed by atoms with Crippen LogP contribution in [-0.2, 0) is 38.8 Å². The lowest BCUT2D eigenvalue weighted by Crippen LogP contribution is -2.34. The normalized spacial score (nSPS) is 11.7. The first-order valence-corrected chi connectivity index (χ1v) is 14.7. The van der Waals surface area contributed by atoms with Crippen molar-refractivity contribution in [3.05, 3.63) is 107 Å². The Hall–Kier alpha value is -3.60. The van der Waals surface area contributed by atoms with E-state index in [9.17, 15) is 9.59 Å². The Bertz CT molecular complexity index is 1200. The maximum Gasteiger partial charge on any atom is 0.516 e. The standard InChI is InChI=1S/C35H44O9/c1-34(2,3)27-42-33(37)44-32(36)28-15-17-31(18-16-28)35(29-11-7-5-8-12-29,30-13-9-6-10-14-30)43-26-25-41-24-23-40-22-21-39-20-19-38-4/h5-18H,19-27H2,1-4H3. The zero-order chi connectivity index (χ0) is 31.7. The fourth-order valence-corrected chi connectivity index (χ4v) is 4.31. The SMILES string of the molecule is COCCOCCOCCOCCOC(c1ccccc1)(c1ccccc1)c1ccc(C(=O)OC(=O)OCC(C)(C)C)cc1. The van der Waals surface area contributed by atoms with Gasteiger partial charge in [-0.15, -0.1) is 0 Å². The van der Waals surface area contributed by atoms with Gasteiger partial charge in [0.2, 0.25) is 0 Å². The highest BCUT2D eigenvalue weighted by Gasteiger charge is 2.37. The molecular weight excluding hydrogens is 564 g/mol. The van der Waals surface area contributed by atoms with E-state index in [1.165, 1.54) is 0 Å². The van der Waals surface area contributed by atoms with Crippen molar-refractivity contribution in [3.8, 4) is 0 Å². The fraction of sp³-hybridized carbons (Fsp3) is 0.429. The van der Waals surface area contributed by atoms with E-state index >= 15 is 0 Å². The highest BCUT2D eigenvalue weighted by atomic mass is 16.7. The van der Waals surface area contributed by atoms with Gasteiger partial charge in [-0.2, -0.15) is 0 Å². The second-order valence-electron chi connectivity index (χ2n) is 11.2. The topological polar surface area (TPSA) is 98.8 Å². The summed E-state index contributed by atoms with van der Waals surface area (Å²) in [5.41, 5.74) is 1.56. The van der Waals surface area contributed by atoms with Gasteiger partial charge in [0.15, 0.2) is 0 Å². The third kappa shape index (κ3) is 11.2. The first-order valence-electron chi connectivity index (χ1n) is 14.7. The van der Waals surface area contributed by atoms with E-state index in [0.717, 1.165) is 16.7 Å². The number of methoxy groups -OCH3 is 1. The van der Waals surface area contributed by atoms with Crippen molar-refractivity contribution in [2.24, 2.45) is 5.41 Å². The Morgan fingerprint density at radius 1 is 0.591 bits per heavy atom. The number of ether oxygens (including phenoxy) is 7. The van der Waals surface area contributed by atoms with Gasteiger partial charge in [-0.1, -0.05) is 93.6 Å². The summed E-state index contributed by atoms with van der Waals surface area (Å²) < 4.78 is 38.4. The predicted molar refractivity (Wildman–Crippen MR) is 166 cm³/mol. The molecule has 0 aliphatic rings. The number of hydrogen-bond donors (Lipinski definition) is 0.